The molecule has 4 heteroatoms. The molecule has 0 fully saturated rings. The summed E-state index contributed by atoms with van der Waals surface area (Å²) in [6.45, 7) is 0. The highest BCUT2D eigenvalue weighted by Gasteiger charge is 2.06. The fourth-order valence-electron chi connectivity index (χ4n) is 1.67. The number of hydrogen-bond acceptors (Lipinski definition) is 2. The van der Waals surface area contributed by atoms with E-state index in [0.29, 0.717) is 0 Å². The molecule has 0 saturated heterocycles. The molecule has 0 atom stereocenters. The van der Waals surface area contributed by atoms with Crippen LogP contribution in [0.3, 0.4) is 0 Å². The fourth-order valence-corrected chi connectivity index (χ4v) is 1.67. The molecular weight excluding hydrogens is 205 g/mol. The maximum atomic E-state index is 12.8. The Morgan fingerprint density at radius 3 is 2.75 bits per heavy atom. The largest absolute Gasteiger partial charge is 0.303 e. The Balaban J connectivity index is 2.22. The van der Waals surface area contributed by atoms with Gasteiger partial charge in [0.2, 0.25) is 0 Å². The molecule has 3 aromatic rings. The van der Waals surface area contributed by atoms with Crippen LogP contribution in [0, 0.1) is 5.82 Å². The molecule has 1 aromatic carbocycles. The molecule has 3 nitrogen and oxygen atoms in total. The van der Waals surface area contributed by atoms with Crippen molar-refractivity contribution in [2.24, 2.45) is 0 Å². The van der Waals surface area contributed by atoms with E-state index >= 15 is 0 Å². The lowest BCUT2D eigenvalue weighted by Crippen LogP contribution is -1.84. The van der Waals surface area contributed by atoms with Gasteiger partial charge in [-0.25, -0.2) is 9.37 Å². The van der Waals surface area contributed by atoms with Gasteiger partial charge in [-0.15, -0.1) is 0 Å². The summed E-state index contributed by atoms with van der Waals surface area (Å²) in [5, 5.41) is 0. The Morgan fingerprint density at radius 1 is 1.12 bits per heavy atom. The summed E-state index contributed by atoms with van der Waals surface area (Å²) in [7, 11) is 0. The van der Waals surface area contributed by atoms with Gasteiger partial charge < -0.3 is 4.40 Å². The SMILES string of the molecule is Fc1ccc(-c2ncn3ccncc23)cc1. The van der Waals surface area contributed by atoms with Crippen molar-refractivity contribution in [1.82, 2.24) is 14.4 Å². The van der Waals surface area contributed by atoms with Crippen molar-refractivity contribution < 1.29 is 4.39 Å². The summed E-state index contributed by atoms with van der Waals surface area (Å²) >= 11 is 0. The van der Waals surface area contributed by atoms with E-state index in [0.717, 1.165) is 16.8 Å². The molecule has 0 radical (unpaired) electrons. The standard InChI is InChI=1S/C12H8FN3/c13-10-3-1-9(2-4-10)12-11-7-14-5-6-16(11)8-15-12/h1-8H. The zero-order valence-electron chi connectivity index (χ0n) is 8.34. The average molecular weight is 213 g/mol. The fraction of sp³-hybridized carbons (Fsp3) is 0. The molecule has 0 aliphatic carbocycles. The highest BCUT2D eigenvalue weighted by molar-refractivity contribution is 5.76. The molecule has 16 heavy (non-hydrogen) atoms. The molecule has 0 saturated carbocycles. The lowest BCUT2D eigenvalue weighted by molar-refractivity contribution is 0.628. The topological polar surface area (TPSA) is 30.2 Å². The van der Waals surface area contributed by atoms with Crippen LogP contribution in [0.2, 0.25) is 0 Å². The minimum atomic E-state index is -0.245. The first-order valence-electron chi connectivity index (χ1n) is 4.87. The van der Waals surface area contributed by atoms with Gasteiger partial charge in [-0.05, 0) is 24.3 Å². The normalized spacial score (nSPS) is 10.8. The number of hydrogen-bond donors (Lipinski definition) is 0. The van der Waals surface area contributed by atoms with E-state index in [1.165, 1.54) is 12.1 Å². The molecule has 2 heterocycles. The van der Waals surface area contributed by atoms with Crippen LogP contribution in [-0.2, 0) is 0 Å². The smallest absolute Gasteiger partial charge is 0.123 e. The molecule has 78 valence electrons. The minimum Gasteiger partial charge on any atom is -0.303 e. The van der Waals surface area contributed by atoms with Crippen LogP contribution in [0.5, 0.6) is 0 Å². The molecule has 2 aromatic heterocycles. The molecule has 0 spiro atoms. The van der Waals surface area contributed by atoms with Crippen LogP contribution in [-0.4, -0.2) is 14.4 Å². The highest BCUT2D eigenvalue weighted by atomic mass is 19.1. The number of rotatable bonds is 1. The van der Waals surface area contributed by atoms with Crippen molar-refractivity contribution in [2.45, 2.75) is 0 Å². The van der Waals surface area contributed by atoms with Gasteiger partial charge in [0, 0.05) is 18.0 Å². The van der Waals surface area contributed by atoms with E-state index in [9.17, 15) is 4.39 Å². The van der Waals surface area contributed by atoms with Gasteiger partial charge in [-0.1, -0.05) is 0 Å². The molecule has 0 unspecified atom stereocenters. The van der Waals surface area contributed by atoms with Crippen LogP contribution in [0.4, 0.5) is 4.39 Å². The quantitative estimate of drug-likeness (QED) is 0.621. The van der Waals surface area contributed by atoms with E-state index in [4.69, 9.17) is 0 Å². The lowest BCUT2D eigenvalue weighted by atomic mass is 10.1. The number of halogens is 1. The van der Waals surface area contributed by atoms with E-state index < -0.39 is 0 Å². The van der Waals surface area contributed by atoms with Crippen molar-refractivity contribution in [1.29, 1.82) is 0 Å². The van der Waals surface area contributed by atoms with Gasteiger partial charge in [0.25, 0.3) is 0 Å². The van der Waals surface area contributed by atoms with Crippen molar-refractivity contribution in [2.75, 3.05) is 0 Å². The first-order chi connectivity index (χ1) is 7.84. The van der Waals surface area contributed by atoms with Gasteiger partial charge in [-0.3, -0.25) is 4.98 Å². The Kier molecular flexibility index (Phi) is 1.93. The summed E-state index contributed by atoms with van der Waals surface area (Å²) in [4.78, 5) is 8.35. The Morgan fingerprint density at radius 2 is 1.94 bits per heavy atom. The molecule has 0 amide bonds. The second-order valence-corrected chi connectivity index (χ2v) is 3.47. The first-order valence-corrected chi connectivity index (χ1v) is 4.87. The number of imidazole rings is 1. The minimum absolute atomic E-state index is 0.245. The molecule has 0 N–H and O–H groups in total. The van der Waals surface area contributed by atoms with Gasteiger partial charge in [0.05, 0.1) is 17.4 Å². The second kappa shape index (κ2) is 3.41. The van der Waals surface area contributed by atoms with Crippen LogP contribution >= 0.6 is 0 Å². The van der Waals surface area contributed by atoms with Gasteiger partial charge in [0.15, 0.2) is 0 Å². The summed E-state index contributed by atoms with van der Waals surface area (Å²) in [5.74, 6) is -0.245. The van der Waals surface area contributed by atoms with Crippen molar-refractivity contribution >= 4 is 5.52 Å². The van der Waals surface area contributed by atoms with E-state index in [1.54, 1.807) is 30.9 Å². The average Bonchev–Trinajstić information content (AvgIpc) is 2.74. The summed E-state index contributed by atoms with van der Waals surface area (Å²) in [5.41, 5.74) is 2.61. The van der Waals surface area contributed by atoms with E-state index in [-0.39, 0.29) is 5.82 Å². The molecule has 3 rings (SSSR count). The van der Waals surface area contributed by atoms with Crippen LogP contribution in [0.25, 0.3) is 16.8 Å². The molecule has 0 aliphatic rings. The predicted octanol–water partition coefficient (Wildman–Crippen LogP) is 2.54. The Hall–Kier alpha value is -2.23. The maximum Gasteiger partial charge on any atom is 0.123 e. The molecule has 0 aliphatic heterocycles. The van der Waals surface area contributed by atoms with Crippen molar-refractivity contribution in [3.05, 3.63) is 55.0 Å². The van der Waals surface area contributed by atoms with E-state index in [2.05, 4.69) is 9.97 Å². The second-order valence-electron chi connectivity index (χ2n) is 3.47. The maximum absolute atomic E-state index is 12.8. The third kappa shape index (κ3) is 1.35. The van der Waals surface area contributed by atoms with Crippen LogP contribution in [0.15, 0.2) is 49.2 Å². The number of fused-ring (bicyclic) bond motifs is 1. The summed E-state index contributed by atoms with van der Waals surface area (Å²) in [6, 6.07) is 6.28. The van der Waals surface area contributed by atoms with Crippen LogP contribution in [0.1, 0.15) is 0 Å². The number of nitrogens with zero attached hydrogens (tertiary/aromatic N) is 3. The lowest BCUT2D eigenvalue weighted by Gasteiger charge is -1.98. The predicted molar refractivity (Wildman–Crippen MR) is 58.4 cm³/mol. The Labute approximate surface area is 91.2 Å². The zero-order chi connectivity index (χ0) is 11.0. The van der Waals surface area contributed by atoms with Gasteiger partial charge >= 0.3 is 0 Å². The van der Waals surface area contributed by atoms with Gasteiger partial charge in [0.1, 0.15) is 12.1 Å². The number of aromatic nitrogens is 3. The monoisotopic (exact) mass is 213 g/mol. The summed E-state index contributed by atoms with van der Waals surface area (Å²) < 4.78 is 14.7. The molecular formula is C12H8FN3. The van der Waals surface area contributed by atoms with Crippen molar-refractivity contribution in [3.63, 3.8) is 0 Å². The molecule has 0 bridgehead atoms. The highest BCUT2D eigenvalue weighted by Crippen LogP contribution is 2.22. The first kappa shape index (κ1) is 9.03. The van der Waals surface area contributed by atoms with Crippen molar-refractivity contribution in [3.8, 4) is 11.3 Å². The van der Waals surface area contributed by atoms with Crippen LogP contribution < -0.4 is 0 Å². The third-order valence-electron chi connectivity index (χ3n) is 2.46. The summed E-state index contributed by atoms with van der Waals surface area (Å²) in [6.07, 6.45) is 6.99. The number of benzene rings is 1. The Bertz CT molecular complexity index is 628. The third-order valence-corrected chi connectivity index (χ3v) is 2.46. The zero-order valence-corrected chi connectivity index (χ0v) is 8.34. The van der Waals surface area contributed by atoms with E-state index in [1.807, 2.05) is 10.6 Å². The van der Waals surface area contributed by atoms with Gasteiger partial charge in [-0.2, -0.15) is 0 Å².